The second kappa shape index (κ2) is 70.9. The maximum atomic E-state index is 13.1. The SMILES string of the molecule is CC/C=C\C/C=C\C/C=C\C/C=C\CCCCCCCCC(=O)OCC(COP(=O)(O)OCC(O)COP(=O)(O)OCC(COC(=O)CCCC/C=C\C/C=C\C/C=C\C/C=C\CC)OC(=O)CCCCCCCCCCCCC)OC(=O)CCCCCCC/C=C\C/C=C\CCC. The summed E-state index contributed by atoms with van der Waals surface area (Å²) in [5.74, 6) is -2.25. The zero-order chi connectivity index (χ0) is 71.8. The van der Waals surface area contributed by atoms with E-state index in [1.54, 1.807) is 0 Å². The molecule has 0 aromatic heterocycles. The lowest BCUT2D eigenvalue weighted by Crippen LogP contribution is -2.30. The number of esters is 4. The van der Waals surface area contributed by atoms with Gasteiger partial charge in [-0.15, -0.1) is 0 Å². The smallest absolute Gasteiger partial charge is 0.462 e. The minimum Gasteiger partial charge on any atom is -0.462 e. The molecule has 0 amide bonds. The van der Waals surface area contributed by atoms with Gasteiger partial charge >= 0.3 is 39.5 Å². The van der Waals surface area contributed by atoms with E-state index in [0.29, 0.717) is 25.7 Å². The number of hydrogen-bond donors (Lipinski definition) is 3. The number of aliphatic hydroxyl groups excluding tert-OH is 1. The first-order valence-corrected chi connectivity index (χ1v) is 40.8. The topological polar surface area (TPSA) is 237 Å². The van der Waals surface area contributed by atoms with Crippen molar-refractivity contribution in [3.63, 3.8) is 0 Å². The minimum absolute atomic E-state index is 0.0726. The summed E-state index contributed by atoms with van der Waals surface area (Å²) in [6.07, 6.45) is 76.3. The summed E-state index contributed by atoms with van der Waals surface area (Å²) in [6, 6.07) is 0. The van der Waals surface area contributed by atoms with Gasteiger partial charge in [0.1, 0.15) is 19.3 Å². The van der Waals surface area contributed by atoms with Crippen LogP contribution in [0.1, 0.15) is 297 Å². The van der Waals surface area contributed by atoms with Crippen LogP contribution in [-0.4, -0.2) is 96.7 Å². The first kappa shape index (κ1) is 93.5. The molecule has 19 heteroatoms. The lowest BCUT2D eigenvalue weighted by molar-refractivity contribution is -0.161. The van der Waals surface area contributed by atoms with E-state index < -0.39 is 97.5 Å². The Kier molecular flexibility index (Phi) is 67.6. The molecule has 3 N–H and O–H groups in total. The summed E-state index contributed by atoms with van der Waals surface area (Å²) in [5, 5.41) is 10.6. The van der Waals surface area contributed by atoms with Crippen molar-refractivity contribution in [1.82, 2.24) is 0 Å². The van der Waals surface area contributed by atoms with Crippen LogP contribution in [0.5, 0.6) is 0 Å². The maximum Gasteiger partial charge on any atom is 0.472 e. The molecule has 0 spiro atoms. The highest BCUT2D eigenvalue weighted by atomic mass is 31.2. The van der Waals surface area contributed by atoms with Crippen molar-refractivity contribution >= 4 is 39.5 Å². The number of phosphoric ester groups is 2. The van der Waals surface area contributed by atoms with Gasteiger partial charge in [-0.1, -0.05) is 265 Å². The molecular weight excluding hydrogens is 1280 g/mol. The summed E-state index contributed by atoms with van der Waals surface area (Å²) in [6.45, 7) is 4.49. The zero-order valence-corrected chi connectivity index (χ0v) is 63.0. The van der Waals surface area contributed by atoms with Crippen molar-refractivity contribution < 1.29 is 80.2 Å². The Balaban J connectivity index is 5.35. The van der Waals surface area contributed by atoms with Crippen LogP contribution in [0, 0.1) is 0 Å². The van der Waals surface area contributed by atoms with Crippen LogP contribution in [0.4, 0.5) is 0 Å². The van der Waals surface area contributed by atoms with Crippen molar-refractivity contribution in [1.29, 1.82) is 0 Å². The molecule has 0 aromatic rings. The fraction of sp³-hybridized carbons (Fsp3) is 0.696. The molecular formula is C79H134O17P2. The zero-order valence-electron chi connectivity index (χ0n) is 61.2. The summed E-state index contributed by atoms with van der Waals surface area (Å²) < 4.78 is 68.4. The molecule has 0 radical (unpaired) electrons. The normalized spacial score (nSPS) is 14.6. The molecule has 5 atom stereocenters. The average molecular weight is 1420 g/mol. The first-order chi connectivity index (χ1) is 47.7. The summed E-state index contributed by atoms with van der Waals surface area (Å²) in [5.41, 5.74) is 0. The van der Waals surface area contributed by atoms with Gasteiger partial charge < -0.3 is 33.8 Å². The van der Waals surface area contributed by atoms with Gasteiger partial charge in [0.05, 0.1) is 26.4 Å². The van der Waals surface area contributed by atoms with E-state index in [4.69, 9.17) is 37.0 Å². The highest BCUT2D eigenvalue weighted by Crippen LogP contribution is 2.45. The average Bonchev–Trinajstić information content (AvgIpc) is 0.972. The first-order valence-electron chi connectivity index (χ1n) is 37.8. The number of allylic oxidation sites excluding steroid dienone is 20. The van der Waals surface area contributed by atoms with E-state index in [1.165, 1.54) is 38.5 Å². The van der Waals surface area contributed by atoms with Gasteiger partial charge in [0.25, 0.3) is 0 Å². The lowest BCUT2D eigenvalue weighted by atomic mass is 10.1. The molecule has 0 aliphatic rings. The number of hydrogen-bond acceptors (Lipinski definition) is 15. The fourth-order valence-electron chi connectivity index (χ4n) is 9.71. The van der Waals surface area contributed by atoms with Gasteiger partial charge in [-0.05, 0) is 128 Å². The van der Waals surface area contributed by atoms with Crippen LogP contribution in [0.15, 0.2) is 122 Å². The quantitative estimate of drug-likeness (QED) is 0.0169. The monoisotopic (exact) mass is 1420 g/mol. The number of carbonyl (C=O) groups excluding carboxylic acids is 4. The van der Waals surface area contributed by atoms with Gasteiger partial charge in [0.15, 0.2) is 12.2 Å². The number of rotatable bonds is 70. The summed E-state index contributed by atoms with van der Waals surface area (Å²) in [7, 11) is -9.96. The molecule has 0 saturated heterocycles. The van der Waals surface area contributed by atoms with Gasteiger partial charge in [-0.25, -0.2) is 9.13 Å². The van der Waals surface area contributed by atoms with Crippen LogP contribution in [-0.2, 0) is 65.4 Å². The third-order valence-electron chi connectivity index (χ3n) is 15.4. The summed E-state index contributed by atoms with van der Waals surface area (Å²) in [4.78, 5) is 72.8. The van der Waals surface area contributed by atoms with Crippen molar-refractivity contribution in [3.05, 3.63) is 122 Å². The van der Waals surface area contributed by atoms with Crippen molar-refractivity contribution in [2.45, 2.75) is 316 Å². The molecule has 0 saturated carbocycles. The molecule has 0 fully saturated rings. The Morgan fingerprint density at radius 3 is 0.878 bits per heavy atom. The molecule has 0 rings (SSSR count). The third-order valence-corrected chi connectivity index (χ3v) is 17.3. The van der Waals surface area contributed by atoms with E-state index in [-0.39, 0.29) is 25.7 Å². The number of ether oxygens (including phenoxy) is 4. The largest absolute Gasteiger partial charge is 0.472 e. The predicted octanol–water partition coefficient (Wildman–Crippen LogP) is 21.6. The van der Waals surface area contributed by atoms with Crippen LogP contribution < -0.4 is 0 Å². The Morgan fingerprint density at radius 2 is 0.551 bits per heavy atom. The highest BCUT2D eigenvalue weighted by Gasteiger charge is 2.30. The Bertz CT molecular complexity index is 2340. The van der Waals surface area contributed by atoms with E-state index in [0.717, 1.165) is 180 Å². The lowest BCUT2D eigenvalue weighted by Gasteiger charge is -2.21. The van der Waals surface area contributed by atoms with E-state index in [1.807, 2.05) is 0 Å². The number of carbonyl (C=O) groups is 4. The standard InChI is InChI=1S/C79H134O17P2/c1-5-9-13-17-21-25-29-32-34-35-36-37-39-42-45-48-52-56-60-64-77(82)90-70-75(96-79(84)66-62-58-54-50-46-40-31-27-23-19-15-11-7-3)72-94-98(87,88)92-68-73(80)67-91-97(85,86)93-71-74(95-78(83)65-61-57-53-49-43-28-24-20-16-12-8-4)69-89-76(81)63-59-55-51-47-44-41-38-33-30-26-22-18-14-10-6-2/h9-10,13-15,19,21-22,25-27,31-34,36-38,44,47,73-75,80H,5-8,11-12,16-18,20,23-24,28-30,35,39-43,45-46,48-72H2,1-4H3,(H,85,86)(H,87,88)/b13-9-,14-10-,19-15-,25-21-,26-22-,31-27-,34-32-,37-36-,38-33-,47-44-. The molecule has 0 aliphatic carbocycles. The number of unbranched alkanes of at least 4 members (excludes halogenated alkanes) is 24. The molecule has 5 unspecified atom stereocenters. The molecule has 0 aromatic carbocycles. The fourth-order valence-corrected chi connectivity index (χ4v) is 11.3. The van der Waals surface area contributed by atoms with Crippen molar-refractivity contribution in [2.75, 3.05) is 39.6 Å². The molecule has 0 aliphatic heterocycles. The van der Waals surface area contributed by atoms with Gasteiger partial charge in [0, 0.05) is 25.7 Å². The van der Waals surface area contributed by atoms with Crippen LogP contribution in [0.2, 0.25) is 0 Å². The Hall–Kier alpha value is -4.54. The second-order valence-electron chi connectivity index (χ2n) is 24.8. The third kappa shape index (κ3) is 69.9. The molecule has 0 bridgehead atoms. The van der Waals surface area contributed by atoms with Gasteiger partial charge in [-0.3, -0.25) is 37.3 Å². The summed E-state index contributed by atoms with van der Waals surface area (Å²) >= 11 is 0. The highest BCUT2D eigenvalue weighted by molar-refractivity contribution is 7.47. The van der Waals surface area contributed by atoms with E-state index in [2.05, 4.69) is 149 Å². The molecule has 562 valence electrons. The number of phosphoric acid groups is 2. The molecule has 17 nitrogen and oxygen atoms in total. The van der Waals surface area contributed by atoms with Crippen molar-refractivity contribution in [3.8, 4) is 0 Å². The van der Waals surface area contributed by atoms with Gasteiger partial charge in [-0.2, -0.15) is 0 Å². The Morgan fingerprint density at radius 1 is 0.296 bits per heavy atom. The van der Waals surface area contributed by atoms with Crippen LogP contribution in [0.25, 0.3) is 0 Å². The van der Waals surface area contributed by atoms with E-state index in [9.17, 15) is 43.2 Å². The maximum absolute atomic E-state index is 13.1. The van der Waals surface area contributed by atoms with Crippen LogP contribution in [0.3, 0.4) is 0 Å². The van der Waals surface area contributed by atoms with Crippen molar-refractivity contribution in [2.24, 2.45) is 0 Å². The van der Waals surface area contributed by atoms with Crippen LogP contribution >= 0.6 is 15.6 Å². The predicted molar refractivity (Wildman–Crippen MR) is 399 cm³/mol. The Labute approximate surface area is 593 Å². The molecule has 98 heavy (non-hydrogen) atoms. The van der Waals surface area contributed by atoms with Gasteiger partial charge in [0.2, 0.25) is 0 Å². The molecule has 0 heterocycles. The minimum atomic E-state index is -4.98. The number of aliphatic hydroxyl groups is 1. The second-order valence-corrected chi connectivity index (χ2v) is 27.7. The van der Waals surface area contributed by atoms with E-state index >= 15 is 0 Å².